The van der Waals surface area contributed by atoms with Gasteiger partial charge in [-0.05, 0) is 56.7 Å². The molecule has 0 aliphatic heterocycles. The number of aromatic nitrogens is 1. The van der Waals surface area contributed by atoms with E-state index in [9.17, 15) is 22.8 Å². The molecule has 29 heavy (non-hydrogen) atoms. The van der Waals surface area contributed by atoms with Crippen molar-refractivity contribution in [3.05, 3.63) is 59.9 Å². The third kappa shape index (κ3) is 7.28. The third-order valence-corrected chi connectivity index (χ3v) is 3.35. The van der Waals surface area contributed by atoms with E-state index in [4.69, 9.17) is 4.74 Å². The Kier molecular flexibility index (Phi) is 6.63. The van der Waals surface area contributed by atoms with Gasteiger partial charge in [-0.2, -0.15) is 13.2 Å². The fraction of sp³-hybridized carbons (Fsp3) is 0.250. The number of alkyl halides is 3. The summed E-state index contributed by atoms with van der Waals surface area (Å²) in [6.07, 6.45) is 0.206. The Morgan fingerprint density at radius 2 is 1.79 bits per heavy atom. The molecule has 0 unspecified atom stereocenters. The van der Waals surface area contributed by atoms with E-state index in [1.165, 1.54) is 12.3 Å². The van der Waals surface area contributed by atoms with Crippen molar-refractivity contribution >= 4 is 29.5 Å². The Bertz CT molecular complexity index is 905. The quantitative estimate of drug-likeness (QED) is 0.691. The number of benzene rings is 1. The minimum Gasteiger partial charge on any atom is -0.444 e. The molecule has 2 amide bonds. The summed E-state index contributed by atoms with van der Waals surface area (Å²) in [5, 5.41) is 4.69. The zero-order valence-electron chi connectivity index (χ0n) is 16.0. The lowest BCUT2D eigenvalue weighted by atomic mass is 10.1. The van der Waals surface area contributed by atoms with Crippen LogP contribution in [0.4, 0.5) is 29.3 Å². The number of carbonyl (C=O) groups is 2. The largest absolute Gasteiger partial charge is 0.444 e. The number of amides is 2. The van der Waals surface area contributed by atoms with Crippen molar-refractivity contribution < 1.29 is 27.5 Å². The van der Waals surface area contributed by atoms with Crippen LogP contribution >= 0.6 is 0 Å². The maximum Gasteiger partial charge on any atom is 0.416 e. The molecule has 0 aliphatic carbocycles. The molecular formula is C20H20F3N3O3. The van der Waals surface area contributed by atoms with Gasteiger partial charge in [0.1, 0.15) is 5.60 Å². The molecular weight excluding hydrogens is 387 g/mol. The van der Waals surface area contributed by atoms with Crippen LogP contribution in [0.25, 0.3) is 6.08 Å². The number of nitrogens with zero attached hydrogens (tertiary/aromatic N) is 1. The van der Waals surface area contributed by atoms with Gasteiger partial charge in [0.05, 0.1) is 16.9 Å². The van der Waals surface area contributed by atoms with Crippen LogP contribution in [0.15, 0.2) is 48.8 Å². The van der Waals surface area contributed by atoms with E-state index in [1.807, 2.05) is 0 Å². The SMILES string of the molecule is CC(C)(C)OC(=O)Nc1ccc(C(F)(F)F)cc1NC(=O)/C=C/c1cccnc1. The molecule has 0 bridgehead atoms. The molecule has 6 nitrogen and oxygen atoms in total. The van der Waals surface area contributed by atoms with Crippen LogP contribution in [0.1, 0.15) is 31.9 Å². The molecule has 0 atom stereocenters. The molecule has 0 radical (unpaired) electrons. The lowest BCUT2D eigenvalue weighted by molar-refractivity contribution is -0.137. The van der Waals surface area contributed by atoms with Gasteiger partial charge in [0.25, 0.3) is 0 Å². The van der Waals surface area contributed by atoms with E-state index >= 15 is 0 Å². The molecule has 0 aliphatic rings. The minimum absolute atomic E-state index is 0.0321. The predicted octanol–water partition coefficient (Wildman–Crippen LogP) is 5.10. The van der Waals surface area contributed by atoms with Crippen molar-refractivity contribution in [1.29, 1.82) is 0 Å². The summed E-state index contributed by atoms with van der Waals surface area (Å²) in [5.41, 5.74) is -1.38. The number of ether oxygens (including phenoxy) is 1. The standard InChI is InChI=1S/C20H20F3N3O3/c1-19(2,3)29-18(28)26-15-8-7-14(20(21,22)23)11-16(15)25-17(27)9-6-13-5-4-10-24-12-13/h4-12H,1-3H3,(H,25,27)(H,26,28)/b9-6+. The smallest absolute Gasteiger partial charge is 0.416 e. The molecule has 1 aromatic heterocycles. The van der Waals surface area contributed by atoms with E-state index in [2.05, 4.69) is 15.6 Å². The number of hydrogen-bond donors (Lipinski definition) is 2. The summed E-state index contributed by atoms with van der Waals surface area (Å²) >= 11 is 0. The van der Waals surface area contributed by atoms with Gasteiger partial charge >= 0.3 is 12.3 Å². The number of pyridine rings is 1. The lowest BCUT2D eigenvalue weighted by Crippen LogP contribution is -2.27. The normalized spacial score (nSPS) is 11.9. The topological polar surface area (TPSA) is 80.3 Å². The molecule has 154 valence electrons. The second-order valence-corrected chi connectivity index (χ2v) is 6.99. The van der Waals surface area contributed by atoms with Crippen molar-refractivity contribution in [3.8, 4) is 0 Å². The van der Waals surface area contributed by atoms with E-state index in [0.29, 0.717) is 5.56 Å². The number of anilines is 2. The molecule has 1 aromatic carbocycles. The summed E-state index contributed by atoms with van der Waals surface area (Å²) < 4.78 is 44.2. The average Bonchev–Trinajstić information content (AvgIpc) is 2.60. The molecule has 2 N–H and O–H groups in total. The number of halogens is 3. The van der Waals surface area contributed by atoms with Gasteiger partial charge in [-0.25, -0.2) is 4.79 Å². The number of hydrogen-bond acceptors (Lipinski definition) is 4. The van der Waals surface area contributed by atoms with E-state index in [1.54, 1.807) is 39.1 Å². The first-order valence-electron chi connectivity index (χ1n) is 8.54. The fourth-order valence-corrected chi connectivity index (χ4v) is 2.17. The van der Waals surface area contributed by atoms with Crippen LogP contribution in [0.3, 0.4) is 0 Å². The molecule has 0 saturated carbocycles. The summed E-state index contributed by atoms with van der Waals surface area (Å²) in [7, 11) is 0. The Morgan fingerprint density at radius 3 is 2.38 bits per heavy atom. The maximum atomic E-state index is 13.0. The van der Waals surface area contributed by atoms with Crippen molar-refractivity contribution in [2.24, 2.45) is 0 Å². The first kappa shape index (κ1) is 21.9. The molecule has 1 heterocycles. The van der Waals surface area contributed by atoms with Crippen LogP contribution in [0.2, 0.25) is 0 Å². The second kappa shape index (κ2) is 8.76. The molecule has 2 rings (SSSR count). The van der Waals surface area contributed by atoms with E-state index in [-0.39, 0.29) is 11.4 Å². The van der Waals surface area contributed by atoms with Gasteiger partial charge in [0.15, 0.2) is 0 Å². The Hall–Kier alpha value is -3.36. The van der Waals surface area contributed by atoms with E-state index < -0.39 is 29.3 Å². The maximum absolute atomic E-state index is 13.0. The first-order valence-corrected chi connectivity index (χ1v) is 8.54. The lowest BCUT2D eigenvalue weighted by Gasteiger charge is -2.21. The second-order valence-electron chi connectivity index (χ2n) is 6.99. The summed E-state index contributed by atoms with van der Waals surface area (Å²) in [4.78, 5) is 28.0. The van der Waals surface area contributed by atoms with Gasteiger partial charge in [0.2, 0.25) is 5.91 Å². The molecule has 2 aromatic rings. The van der Waals surface area contributed by atoms with Gasteiger partial charge < -0.3 is 10.1 Å². The predicted molar refractivity (Wildman–Crippen MR) is 103 cm³/mol. The first-order chi connectivity index (χ1) is 13.4. The van der Waals surface area contributed by atoms with Crippen molar-refractivity contribution in [3.63, 3.8) is 0 Å². The highest BCUT2D eigenvalue weighted by Gasteiger charge is 2.31. The highest BCUT2D eigenvalue weighted by molar-refractivity contribution is 6.05. The zero-order chi connectivity index (χ0) is 21.7. The third-order valence-electron chi connectivity index (χ3n) is 3.35. The summed E-state index contributed by atoms with van der Waals surface area (Å²) in [6, 6.07) is 5.97. The highest BCUT2D eigenvalue weighted by atomic mass is 19.4. The average molecular weight is 407 g/mol. The van der Waals surface area contributed by atoms with Crippen molar-refractivity contribution in [2.45, 2.75) is 32.5 Å². The number of nitrogens with one attached hydrogen (secondary N) is 2. The zero-order valence-corrected chi connectivity index (χ0v) is 16.0. The number of carbonyl (C=O) groups excluding carboxylic acids is 2. The van der Waals surface area contributed by atoms with Crippen LogP contribution in [0.5, 0.6) is 0 Å². The summed E-state index contributed by atoms with van der Waals surface area (Å²) in [6.45, 7) is 4.93. The Balaban J connectivity index is 2.25. The molecule has 0 saturated heterocycles. The highest BCUT2D eigenvalue weighted by Crippen LogP contribution is 2.34. The molecule has 9 heteroatoms. The van der Waals surface area contributed by atoms with Crippen LogP contribution in [0, 0.1) is 0 Å². The van der Waals surface area contributed by atoms with Crippen LogP contribution in [-0.4, -0.2) is 22.6 Å². The van der Waals surface area contributed by atoms with Gasteiger partial charge in [-0.3, -0.25) is 15.1 Å². The minimum atomic E-state index is -4.62. The van der Waals surface area contributed by atoms with Gasteiger partial charge in [-0.1, -0.05) is 6.07 Å². The van der Waals surface area contributed by atoms with Gasteiger partial charge in [-0.15, -0.1) is 0 Å². The van der Waals surface area contributed by atoms with Crippen molar-refractivity contribution in [1.82, 2.24) is 4.98 Å². The van der Waals surface area contributed by atoms with Gasteiger partial charge in [0, 0.05) is 18.5 Å². The van der Waals surface area contributed by atoms with Crippen LogP contribution < -0.4 is 10.6 Å². The Morgan fingerprint density at radius 1 is 1.07 bits per heavy atom. The Labute approximate surface area is 165 Å². The van der Waals surface area contributed by atoms with Crippen LogP contribution in [-0.2, 0) is 15.7 Å². The van der Waals surface area contributed by atoms with E-state index in [0.717, 1.165) is 24.3 Å². The summed E-state index contributed by atoms with van der Waals surface area (Å²) in [5.74, 6) is -0.680. The monoisotopic (exact) mass is 407 g/mol. The van der Waals surface area contributed by atoms with Crippen molar-refractivity contribution in [2.75, 3.05) is 10.6 Å². The fourth-order valence-electron chi connectivity index (χ4n) is 2.17. The number of rotatable bonds is 4. The molecule has 0 fully saturated rings. The molecule has 0 spiro atoms.